The second kappa shape index (κ2) is 5.99. The molecule has 0 radical (unpaired) electrons. The lowest BCUT2D eigenvalue weighted by atomic mass is 10.1. The second-order valence-corrected chi connectivity index (χ2v) is 6.01. The van der Waals surface area contributed by atoms with E-state index in [0.29, 0.717) is 34.0 Å². The summed E-state index contributed by atoms with van der Waals surface area (Å²) < 4.78 is 7.90. The molecular formula is C18H13ClN4O. The van der Waals surface area contributed by atoms with Crippen molar-refractivity contribution in [3.05, 3.63) is 59.5 Å². The first kappa shape index (κ1) is 14.7. The number of ether oxygens (including phenoxy) is 1. The Hall–Kier alpha value is -2.84. The van der Waals surface area contributed by atoms with Crippen molar-refractivity contribution in [3.63, 3.8) is 0 Å². The van der Waals surface area contributed by atoms with Crippen LogP contribution in [0.5, 0.6) is 11.5 Å². The molecule has 0 aliphatic heterocycles. The Balaban J connectivity index is 1.79. The Morgan fingerprint density at radius 3 is 2.83 bits per heavy atom. The number of hydrogen-bond donors (Lipinski definition) is 0. The van der Waals surface area contributed by atoms with Crippen LogP contribution in [-0.4, -0.2) is 14.8 Å². The average Bonchev–Trinajstić information content (AvgIpc) is 3.36. The van der Waals surface area contributed by atoms with Crippen LogP contribution in [0.4, 0.5) is 0 Å². The fraction of sp³-hybridized carbons (Fsp3) is 0.167. The Morgan fingerprint density at radius 2 is 2.08 bits per heavy atom. The lowest BCUT2D eigenvalue weighted by molar-refractivity contribution is 0.481. The molecule has 4 rings (SSSR count). The molecule has 0 unspecified atom stereocenters. The number of halogens is 1. The molecule has 0 bridgehead atoms. The van der Waals surface area contributed by atoms with Gasteiger partial charge in [-0.2, -0.15) is 10.4 Å². The molecule has 1 fully saturated rings. The highest BCUT2D eigenvalue weighted by atomic mass is 35.5. The smallest absolute Gasteiger partial charge is 0.173 e. The molecule has 0 N–H and O–H groups in total. The molecule has 0 spiro atoms. The highest BCUT2D eigenvalue weighted by Crippen LogP contribution is 2.40. The number of nitriles is 1. The van der Waals surface area contributed by atoms with E-state index in [0.717, 1.165) is 18.4 Å². The van der Waals surface area contributed by atoms with Crippen molar-refractivity contribution in [1.82, 2.24) is 14.8 Å². The molecule has 5 nitrogen and oxygen atoms in total. The van der Waals surface area contributed by atoms with Crippen LogP contribution in [0.3, 0.4) is 0 Å². The van der Waals surface area contributed by atoms with Gasteiger partial charge in [-0.15, -0.1) is 0 Å². The maximum absolute atomic E-state index is 9.37. The van der Waals surface area contributed by atoms with E-state index in [1.807, 2.05) is 29.1 Å². The number of aromatic nitrogens is 3. The molecule has 24 heavy (non-hydrogen) atoms. The van der Waals surface area contributed by atoms with Gasteiger partial charge in [0.2, 0.25) is 0 Å². The largest absolute Gasteiger partial charge is 0.453 e. The van der Waals surface area contributed by atoms with E-state index in [9.17, 15) is 5.26 Å². The topological polar surface area (TPSA) is 63.7 Å². The highest BCUT2D eigenvalue weighted by Gasteiger charge is 2.27. The van der Waals surface area contributed by atoms with Crippen LogP contribution in [0.25, 0.3) is 11.3 Å². The molecule has 0 atom stereocenters. The summed E-state index contributed by atoms with van der Waals surface area (Å²) in [6.45, 7) is 0. The Morgan fingerprint density at radius 1 is 1.25 bits per heavy atom. The molecule has 1 aromatic carbocycles. The standard InChI is InChI=1S/C18H13ClN4O/c19-17-9-14(7-8-21-17)24-16-11-23(13-5-6-13)22-18(16)15-4-2-1-3-12(15)10-20/h1-4,7-9,11,13H,5-6H2. The van der Waals surface area contributed by atoms with Crippen LogP contribution in [0.1, 0.15) is 24.4 Å². The van der Waals surface area contributed by atoms with Gasteiger partial charge < -0.3 is 4.74 Å². The summed E-state index contributed by atoms with van der Waals surface area (Å²) in [5, 5.41) is 14.4. The molecule has 2 aromatic heterocycles. The third-order valence-electron chi connectivity index (χ3n) is 3.85. The van der Waals surface area contributed by atoms with Crippen LogP contribution in [-0.2, 0) is 0 Å². The summed E-state index contributed by atoms with van der Waals surface area (Å²) in [6.07, 6.45) is 5.70. The number of rotatable bonds is 4. The predicted molar refractivity (Wildman–Crippen MR) is 90.0 cm³/mol. The molecule has 3 aromatic rings. The summed E-state index contributed by atoms with van der Waals surface area (Å²) in [4.78, 5) is 3.95. The zero-order valence-electron chi connectivity index (χ0n) is 12.7. The molecule has 6 heteroatoms. The van der Waals surface area contributed by atoms with E-state index in [4.69, 9.17) is 16.3 Å². The van der Waals surface area contributed by atoms with Crippen LogP contribution < -0.4 is 4.74 Å². The number of hydrogen-bond acceptors (Lipinski definition) is 4. The maximum atomic E-state index is 9.37. The van der Waals surface area contributed by atoms with Crippen molar-refractivity contribution in [2.45, 2.75) is 18.9 Å². The van der Waals surface area contributed by atoms with Crippen molar-refractivity contribution < 1.29 is 4.74 Å². The van der Waals surface area contributed by atoms with Crippen LogP contribution in [0, 0.1) is 11.3 Å². The van der Waals surface area contributed by atoms with Gasteiger partial charge in [0.1, 0.15) is 16.6 Å². The van der Waals surface area contributed by atoms with Gasteiger partial charge >= 0.3 is 0 Å². The van der Waals surface area contributed by atoms with Crippen LogP contribution in [0.2, 0.25) is 5.15 Å². The molecule has 2 heterocycles. The molecule has 118 valence electrons. The average molecular weight is 337 g/mol. The van der Waals surface area contributed by atoms with Gasteiger partial charge in [0.15, 0.2) is 5.75 Å². The first-order chi connectivity index (χ1) is 11.7. The number of benzene rings is 1. The molecule has 1 aliphatic carbocycles. The summed E-state index contributed by atoms with van der Waals surface area (Å²) in [6, 6.07) is 13.4. The first-order valence-corrected chi connectivity index (χ1v) is 8.00. The fourth-order valence-electron chi connectivity index (χ4n) is 2.52. The number of nitrogens with zero attached hydrogens (tertiary/aromatic N) is 4. The Kier molecular flexibility index (Phi) is 3.68. The van der Waals surface area contributed by atoms with Crippen molar-refractivity contribution >= 4 is 11.6 Å². The maximum Gasteiger partial charge on any atom is 0.173 e. The van der Waals surface area contributed by atoms with Crippen molar-refractivity contribution in [2.75, 3.05) is 0 Å². The number of pyridine rings is 1. The van der Waals surface area contributed by atoms with E-state index in [1.54, 1.807) is 24.4 Å². The molecule has 0 saturated heterocycles. The lowest BCUT2D eigenvalue weighted by Crippen LogP contribution is -1.94. The molecule has 0 amide bonds. The van der Waals surface area contributed by atoms with Gasteiger partial charge in [0.25, 0.3) is 0 Å². The van der Waals surface area contributed by atoms with Crippen LogP contribution >= 0.6 is 11.6 Å². The molecular weight excluding hydrogens is 324 g/mol. The lowest BCUT2D eigenvalue weighted by Gasteiger charge is -2.06. The second-order valence-electron chi connectivity index (χ2n) is 5.63. The van der Waals surface area contributed by atoms with Gasteiger partial charge in [-0.1, -0.05) is 29.8 Å². The minimum absolute atomic E-state index is 0.362. The minimum Gasteiger partial charge on any atom is -0.453 e. The minimum atomic E-state index is 0.362. The summed E-state index contributed by atoms with van der Waals surface area (Å²) in [5.74, 6) is 1.19. The highest BCUT2D eigenvalue weighted by molar-refractivity contribution is 6.29. The van der Waals surface area contributed by atoms with Crippen LogP contribution in [0.15, 0.2) is 48.8 Å². The Bertz CT molecular complexity index is 940. The van der Waals surface area contributed by atoms with Gasteiger partial charge in [0, 0.05) is 17.8 Å². The quantitative estimate of drug-likeness (QED) is 0.653. The third-order valence-corrected chi connectivity index (χ3v) is 4.05. The van der Waals surface area contributed by atoms with Crippen molar-refractivity contribution in [3.8, 4) is 28.8 Å². The van der Waals surface area contributed by atoms with E-state index < -0.39 is 0 Å². The summed E-state index contributed by atoms with van der Waals surface area (Å²) >= 11 is 5.93. The monoisotopic (exact) mass is 336 g/mol. The molecule has 1 aliphatic rings. The summed E-state index contributed by atoms with van der Waals surface area (Å²) in [7, 11) is 0. The summed E-state index contributed by atoms with van der Waals surface area (Å²) in [5.41, 5.74) is 1.98. The zero-order valence-corrected chi connectivity index (χ0v) is 13.4. The molecule has 1 saturated carbocycles. The predicted octanol–water partition coefficient (Wildman–Crippen LogP) is 4.60. The normalized spacial score (nSPS) is 13.5. The Labute approximate surface area is 144 Å². The van der Waals surface area contributed by atoms with E-state index >= 15 is 0 Å². The van der Waals surface area contributed by atoms with E-state index in [1.165, 1.54) is 0 Å². The van der Waals surface area contributed by atoms with Gasteiger partial charge in [-0.25, -0.2) is 4.98 Å². The SMILES string of the molecule is N#Cc1ccccc1-c1nn(C2CC2)cc1Oc1ccnc(Cl)c1. The van der Waals surface area contributed by atoms with Crippen molar-refractivity contribution in [2.24, 2.45) is 0 Å². The third kappa shape index (κ3) is 2.84. The van der Waals surface area contributed by atoms with E-state index in [-0.39, 0.29) is 0 Å². The fourth-order valence-corrected chi connectivity index (χ4v) is 2.69. The van der Waals surface area contributed by atoms with Gasteiger partial charge in [0.05, 0.1) is 23.9 Å². The zero-order chi connectivity index (χ0) is 16.5. The van der Waals surface area contributed by atoms with Gasteiger partial charge in [-0.05, 0) is 25.0 Å². The van der Waals surface area contributed by atoms with Gasteiger partial charge in [-0.3, -0.25) is 4.68 Å². The van der Waals surface area contributed by atoms with Crippen molar-refractivity contribution in [1.29, 1.82) is 5.26 Å². The van der Waals surface area contributed by atoms with E-state index in [2.05, 4.69) is 16.2 Å². The first-order valence-electron chi connectivity index (χ1n) is 7.62.